The zero-order valence-corrected chi connectivity index (χ0v) is 45.8. The molecule has 0 bridgehead atoms. The summed E-state index contributed by atoms with van der Waals surface area (Å²) < 4.78 is 16.8. The van der Waals surface area contributed by atoms with E-state index in [2.05, 4.69) is 118 Å². The SMILES string of the molecule is CC/C=C\C/C=C\C/C=C\C/C=C\C/C=C\CCCCCC(=O)OCC(COC(=O)CCCCCCCCC/C=C\C/C=C\CC)OC(=O)CCCCCCCCC/C=C\CCCCCCCCCC. The summed E-state index contributed by atoms with van der Waals surface area (Å²) in [6.07, 6.45) is 76.8. The third-order valence-electron chi connectivity index (χ3n) is 12.3. The molecule has 0 aromatic rings. The van der Waals surface area contributed by atoms with E-state index in [1.165, 1.54) is 116 Å². The van der Waals surface area contributed by atoms with Gasteiger partial charge >= 0.3 is 17.9 Å². The highest BCUT2D eigenvalue weighted by atomic mass is 16.6. The standard InChI is InChI=1S/C64H108O6/c1-4-7-10-13-16-19-22-25-28-30-32-34-36-39-42-45-48-51-54-57-63(66)69-60-61(59-68-62(65)56-53-50-47-44-41-38-27-24-21-18-15-12-9-6-3)70-64(67)58-55-52-49-46-43-40-37-35-33-31-29-26-23-20-17-14-11-8-5-2/h7,9-10,12,16,18-19,21,25,28,31-34,39,42,61H,4-6,8,11,13-15,17,20,22-24,26-27,29-30,35-38,40-41,43-60H2,1-3H3/b10-7-,12-9-,19-16-,21-18-,28-25-,33-31-,34-32-,42-39-. The van der Waals surface area contributed by atoms with Crippen LogP contribution >= 0.6 is 0 Å². The van der Waals surface area contributed by atoms with Gasteiger partial charge in [0.15, 0.2) is 6.10 Å². The van der Waals surface area contributed by atoms with Crippen LogP contribution < -0.4 is 0 Å². The van der Waals surface area contributed by atoms with Gasteiger partial charge in [0, 0.05) is 19.3 Å². The third kappa shape index (κ3) is 55.3. The summed E-state index contributed by atoms with van der Waals surface area (Å²) in [5, 5.41) is 0. The highest BCUT2D eigenvalue weighted by molar-refractivity contribution is 5.71. The highest BCUT2D eigenvalue weighted by Gasteiger charge is 2.19. The normalized spacial score (nSPS) is 12.8. The fourth-order valence-electron chi connectivity index (χ4n) is 7.97. The van der Waals surface area contributed by atoms with Gasteiger partial charge in [0.05, 0.1) is 0 Å². The first-order valence-corrected chi connectivity index (χ1v) is 29.2. The number of unbranched alkanes of at least 4 members (excludes halogenated alkanes) is 25. The summed E-state index contributed by atoms with van der Waals surface area (Å²) in [5.74, 6) is -0.935. The maximum absolute atomic E-state index is 12.9. The van der Waals surface area contributed by atoms with E-state index in [9.17, 15) is 14.4 Å². The fraction of sp³-hybridized carbons (Fsp3) is 0.703. The number of rotatable bonds is 52. The number of hydrogen-bond acceptors (Lipinski definition) is 6. The average Bonchev–Trinajstić information content (AvgIpc) is 3.36. The Bertz CT molecular complexity index is 1400. The topological polar surface area (TPSA) is 78.9 Å². The highest BCUT2D eigenvalue weighted by Crippen LogP contribution is 2.15. The fourth-order valence-corrected chi connectivity index (χ4v) is 7.97. The molecule has 0 fully saturated rings. The van der Waals surface area contributed by atoms with E-state index in [0.29, 0.717) is 19.3 Å². The molecule has 6 heteroatoms. The molecule has 0 rings (SSSR count). The summed E-state index contributed by atoms with van der Waals surface area (Å²) in [4.78, 5) is 38.2. The van der Waals surface area contributed by atoms with Gasteiger partial charge in [0.1, 0.15) is 13.2 Å². The Labute approximate surface area is 432 Å². The van der Waals surface area contributed by atoms with Crippen molar-refractivity contribution in [2.75, 3.05) is 13.2 Å². The molecule has 400 valence electrons. The van der Waals surface area contributed by atoms with Crippen LogP contribution in [0.15, 0.2) is 97.2 Å². The molecule has 1 unspecified atom stereocenters. The number of esters is 3. The maximum atomic E-state index is 12.9. The molecule has 6 nitrogen and oxygen atoms in total. The molecule has 0 saturated carbocycles. The van der Waals surface area contributed by atoms with Gasteiger partial charge in [0.2, 0.25) is 0 Å². The van der Waals surface area contributed by atoms with Crippen LogP contribution in [0.3, 0.4) is 0 Å². The Morgan fingerprint density at radius 1 is 0.300 bits per heavy atom. The number of carbonyl (C=O) groups is 3. The van der Waals surface area contributed by atoms with Crippen molar-refractivity contribution in [2.45, 2.75) is 277 Å². The molecule has 0 N–H and O–H groups in total. The van der Waals surface area contributed by atoms with Crippen molar-refractivity contribution in [2.24, 2.45) is 0 Å². The molecule has 0 amide bonds. The average molecular weight is 974 g/mol. The van der Waals surface area contributed by atoms with Crippen LogP contribution in [0.25, 0.3) is 0 Å². The molecule has 0 radical (unpaired) electrons. The van der Waals surface area contributed by atoms with Gasteiger partial charge in [-0.3, -0.25) is 14.4 Å². The van der Waals surface area contributed by atoms with Crippen LogP contribution in [0, 0.1) is 0 Å². The number of hydrogen-bond donors (Lipinski definition) is 0. The summed E-state index contributed by atoms with van der Waals surface area (Å²) in [7, 11) is 0. The largest absolute Gasteiger partial charge is 0.462 e. The van der Waals surface area contributed by atoms with Crippen molar-refractivity contribution in [1.82, 2.24) is 0 Å². The van der Waals surface area contributed by atoms with E-state index >= 15 is 0 Å². The van der Waals surface area contributed by atoms with Gasteiger partial charge in [-0.15, -0.1) is 0 Å². The van der Waals surface area contributed by atoms with Crippen molar-refractivity contribution >= 4 is 17.9 Å². The monoisotopic (exact) mass is 973 g/mol. The first kappa shape index (κ1) is 66.3. The molecule has 1 atom stereocenters. The van der Waals surface area contributed by atoms with Crippen molar-refractivity contribution < 1.29 is 28.6 Å². The van der Waals surface area contributed by atoms with E-state index in [4.69, 9.17) is 14.2 Å². The third-order valence-corrected chi connectivity index (χ3v) is 12.3. The molecule has 0 aromatic heterocycles. The van der Waals surface area contributed by atoms with E-state index in [-0.39, 0.29) is 31.1 Å². The van der Waals surface area contributed by atoms with E-state index in [1.54, 1.807) is 0 Å². The summed E-state index contributed by atoms with van der Waals surface area (Å²) in [5.41, 5.74) is 0. The molecule has 0 heterocycles. The lowest BCUT2D eigenvalue weighted by molar-refractivity contribution is -0.167. The van der Waals surface area contributed by atoms with Gasteiger partial charge < -0.3 is 14.2 Å². The second-order valence-electron chi connectivity index (χ2n) is 19.1. The first-order chi connectivity index (χ1) is 34.5. The molecule has 0 aliphatic heterocycles. The minimum atomic E-state index is -0.798. The summed E-state index contributed by atoms with van der Waals surface area (Å²) >= 11 is 0. The van der Waals surface area contributed by atoms with Crippen LogP contribution in [-0.2, 0) is 28.6 Å². The summed E-state index contributed by atoms with van der Waals surface area (Å²) in [6, 6.07) is 0. The molecule has 0 aliphatic rings. The van der Waals surface area contributed by atoms with Crippen LogP contribution in [0.1, 0.15) is 271 Å². The van der Waals surface area contributed by atoms with Crippen LogP contribution in [0.4, 0.5) is 0 Å². The Hall–Kier alpha value is -3.67. The lowest BCUT2D eigenvalue weighted by Crippen LogP contribution is -2.30. The molecular weight excluding hydrogens is 865 g/mol. The lowest BCUT2D eigenvalue weighted by Gasteiger charge is -2.18. The molecule has 70 heavy (non-hydrogen) atoms. The van der Waals surface area contributed by atoms with Crippen LogP contribution in [0.5, 0.6) is 0 Å². The molecule has 0 spiro atoms. The van der Waals surface area contributed by atoms with Crippen molar-refractivity contribution in [3.63, 3.8) is 0 Å². The van der Waals surface area contributed by atoms with Gasteiger partial charge in [-0.05, 0) is 116 Å². The smallest absolute Gasteiger partial charge is 0.306 e. The number of allylic oxidation sites excluding steroid dienone is 16. The zero-order valence-electron chi connectivity index (χ0n) is 45.8. The Morgan fingerprint density at radius 3 is 0.900 bits per heavy atom. The summed E-state index contributed by atoms with van der Waals surface area (Å²) in [6.45, 7) is 6.39. The lowest BCUT2D eigenvalue weighted by atomic mass is 10.1. The molecule has 0 saturated heterocycles. The van der Waals surface area contributed by atoms with Crippen molar-refractivity contribution in [3.05, 3.63) is 97.2 Å². The molecule has 0 aliphatic carbocycles. The predicted octanol–water partition coefficient (Wildman–Crippen LogP) is 19.7. The minimum absolute atomic E-state index is 0.0944. The molecule has 0 aromatic carbocycles. The predicted molar refractivity (Wildman–Crippen MR) is 302 cm³/mol. The van der Waals surface area contributed by atoms with Gasteiger partial charge in [-0.1, -0.05) is 234 Å². The Kier molecular flexibility index (Phi) is 54.9. The van der Waals surface area contributed by atoms with Gasteiger partial charge in [0.25, 0.3) is 0 Å². The maximum Gasteiger partial charge on any atom is 0.306 e. The quantitative estimate of drug-likeness (QED) is 0.0262. The Morgan fingerprint density at radius 2 is 0.557 bits per heavy atom. The zero-order chi connectivity index (χ0) is 50.7. The van der Waals surface area contributed by atoms with Gasteiger partial charge in [-0.2, -0.15) is 0 Å². The van der Waals surface area contributed by atoms with Crippen LogP contribution in [0.2, 0.25) is 0 Å². The first-order valence-electron chi connectivity index (χ1n) is 29.2. The van der Waals surface area contributed by atoms with E-state index in [0.717, 1.165) is 116 Å². The van der Waals surface area contributed by atoms with E-state index in [1.807, 2.05) is 0 Å². The van der Waals surface area contributed by atoms with Crippen molar-refractivity contribution in [1.29, 1.82) is 0 Å². The second-order valence-corrected chi connectivity index (χ2v) is 19.1. The van der Waals surface area contributed by atoms with Gasteiger partial charge in [-0.25, -0.2) is 0 Å². The van der Waals surface area contributed by atoms with E-state index < -0.39 is 6.10 Å². The second kappa shape index (κ2) is 57.9. The number of carbonyl (C=O) groups excluding carboxylic acids is 3. The minimum Gasteiger partial charge on any atom is -0.462 e. The van der Waals surface area contributed by atoms with Crippen LogP contribution in [-0.4, -0.2) is 37.2 Å². The number of ether oxygens (including phenoxy) is 3. The van der Waals surface area contributed by atoms with Crippen molar-refractivity contribution in [3.8, 4) is 0 Å². The molecular formula is C64H108O6. The Balaban J connectivity index is 4.45.